The van der Waals surface area contributed by atoms with E-state index in [0.29, 0.717) is 18.2 Å². The molecule has 1 fully saturated rings. The molecule has 0 saturated carbocycles. The van der Waals surface area contributed by atoms with Crippen LogP contribution in [-0.4, -0.2) is 54.2 Å². The third kappa shape index (κ3) is 4.88. The maximum Gasteiger partial charge on any atom is 0.222 e. The number of hydrogen-bond donors (Lipinski definition) is 1. The van der Waals surface area contributed by atoms with Gasteiger partial charge in [0, 0.05) is 26.1 Å². The van der Waals surface area contributed by atoms with Gasteiger partial charge < -0.3 is 9.80 Å². The van der Waals surface area contributed by atoms with Crippen molar-refractivity contribution in [1.82, 2.24) is 9.80 Å². The molecule has 0 N–H and O–H groups in total. The van der Waals surface area contributed by atoms with Crippen molar-refractivity contribution in [3.05, 3.63) is 0 Å². The number of thiol groups is 1. The minimum absolute atomic E-state index is 0.317. The van der Waals surface area contributed by atoms with Gasteiger partial charge in [-0.2, -0.15) is 12.6 Å². The van der Waals surface area contributed by atoms with E-state index >= 15 is 0 Å². The Labute approximate surface area is 111 Å². The van der Waals surface area contributed by atoms with Gasteiger partial charge in [0.1, 0.15) is 0 Å². The standard InChI is InChI=1S/C13H26N2OS/c1-3-5-14(6-4-2)7-8-15-10-12(11-17)9-13(15)16/h12,17H,3-11H2,1-2H3. The quantitative estimate of drug-likeness (QED) is 0.672. The molecule has 1 atom stereocenters. The predicted octanol–water partition coefficient (Wildman–Crippen LogP) is 1.89. The van der Waals surface area contributed by atoms with Gasteiger partial charge in [-0.25, -0.2) is 0 Å². The minimum atomic E-state index is 0.317. The Morgan fingerprint density at radius 2 is 1.94 bits per heavy atom. The number of likely N-dealkylation sites (tertiary alicyclic amines) is 1. The molecule has 1 unspecified atom stereocenters. The second-order valence-corrected chi connectivity index (χ2v) is 5.30. The van der Waals surface area contributed by atoms with E-state index in [1.807, 2.05) is 4.90 Å². The van der Waals surface area contributed by atoms with Gasteiger partial charge in [-0.3, -0.25) is 4.79 Å². The average Bonchev–Trinajstić information content (AvgIpc) is 2.68. The van der Waals surface area contributed by atoms with E-state index < -0.39 is 0 Å². The number of carbonyl (C=O) groups is 1. The molecule has 1 saturated heterocycles. The summed E-state index contributed by atoms with van der Waals surface area (Å²) in [7, 11) is 0. The van der Waals surface area contributed by atoms with Crippen LogP contribution >= 0.6 is 12.6 Å². The Kier molecular flexibility index (Phi) is 6.97. The molecule has 3 nitrogen and oxygen atoms in total. The van der Waals surface area contributed by atoms with Crippen molar-refractivity contribution in [3.8, 4) is 0 Å². The lowest BCUT2D eigenvalue weighted by atomic mass is 10.1. The van der Waals surface area contributed by atoms with Crippen molar-refractivity contribution >= 4 is 18.5 Å². The highest BCUT2D eigenvalue weighted by molar-refractivity contribution is 7.80. The van der Waals surface area contributed by atoms with E-state index in [4.69, 9.17) is 0 Å². The van der Waals surface area contributed by atoms with Crippen LogP contribution in [0.3, 0.4) is 0 Å². The molecule has 1 rings (SSSR count). The number of nitrogens with zero attached hydrogens (tertiary/aromatic N) is 2. The molecule has 0 radical (unpaired) electrons. The van der Waals surface area contributed by atoms with E-state index in [0.717, 1.165) is 38.5 Å². The van der Waals surface area contributed by atoms with Crippen LogP contribution in [0.4, 0.5) is 0 Å². The molecule has 4 heteroatoms. The zero-order valence-corrected chi connectivity index (χ0v) is 12.1. The van der Waals surface area contributed by atoms with Crippen LogP contribution < -0.4 is 0 Å². The van der Waals surface area contributed by atoms with Crippen molar-refractivity contribution in [1.29, 1.82) is 0 Å². The van der Waals surface area contributed by atoms with E-state index in [1.165, 1.54) is 12.8 Å². The normalized spacial score (nSPS) is 20.6. The summed E-state index contributed by atoms with van der Waals surface area (Å²) in [6.07, 6.45) is 3.07. The van der Waals surface area contributed by atoms with Gasteiger partial charge in [0.05, 0.1) is 0 Å². The Hall–Kier alpha value is -0.220. The van der Waals surface area contributed by atoms with Gasteiger partial charge in [-0.05, 0) is 37.6 Å². The van der Waals surface area contributed by atoms with E-state index in [2.05, 4.69) is 31.4 Å². The van der Waals surface area contributed by atoms with Crippen LogP contribution in [0, 0.1) is 5.92 Å². The molecule has 1 aliphatic heterocycles. The van der Waals surface area contributed by atoms with Crippen molar-refractivity contribution in [2.45, 2.75) is 33.1 Å². The van der Waals surface area contributed by atoms with Crippen LogP contribution in [0.25, 0.3) is 0 Å². The number of rotatable bonds is 8. The van der Waals surface area contributed by atoms with Crippen molar-refractivity contribution < 1.29 is 4.79 Å². The van der Waals surface area contributed by atoms with E-state index in [1.54, 1.807) is 0 Å². The molecule has 17 heavy (non-hydrogen) atoms. The Morgan fingerprint density at radius 1 is 1.29 bits per heavy atom. The fourth-order valence-electron chi connectivity index (χ4n) is 2.42. The van der Waals surface area contributed by atoms with Crippen LogP contribution in [0.5, 0.6) is 0 Å². The fraction of sp³-hybridized carbons (Fsp3) is 0.923. The van der Waals surface area contributed by atoms with Gasteiger partial charge in [0.2, 0.25) is 5.91 Å². The van der Waals surface area contributed by atoms with Crippen molar-refractivity contribution in [3.63, 3.8) is 0 Å². The van der Waals surface area contributed by atoms with Gasteiger partial charge in [0.25, 0.3) is 0 Å². The lowest BCUT2D eigenvalue weighted by Gasteiger charge is -2.24. The van der Waals surface area contributed by atoms with Crippen LogP contribution in [0.1, 0.15) is 33.1 Å². The minimum Gasteiger partial charge on any atom is -0.341 e. The Morgan fingerprint density at radius 3 is 2.41 bits per heavy atom. The van der Waals surface area contributed by atoms with E-state index in [-0.39, 0.29) is 0 Å². The maximum absolute atomic E-state index is 11.7. The summed E-state index contributed by atoms with van der Waals surface area (Å²) in [5, 5.41) is 0. The maximum atomic E-state index is 11.7. The van der Waals surface area contributed by atoms with E-state index in [9.17, 15) is 4.79 Å². The molecule has 0 bridgehead atoms. The molecule has 0 spiro atoms. The summed E-state index contributed by atoms with van der Waals surface area (Å²) in [4.78, 5) is 16.2. The van der Waals surface area contributed by atoms with Crippen molar-refractivity contribution in [2.24, 2.45) is 5.92 Å². The smallest absolute Gasteiger partial charge is 0.222 e. The highest BCUT2D eigenvalue weighted by Crippen LogP contribution is 2.18. The van der Waals surface area contributed by atoms with Crippen LogP contribution in [-0.2, 0) is 4.79 Å². The van der Waals surface area contributed by atoms with Gasteiger partial charge in [0.15, 0.2) is 0 Å². The second kappa shape index (κ2) is 7.98. The zero-order chi connectivity index (χ0) is 12.7. The number of carbonyl (C=O) groups excluding carboxylic acids is 1. The molecule has 0 aromatic heterocycles. The molecular weight excluding hydrogens is 232 g/mol. The molecule has 0 aliphatic carbocycles. The third-order valence-corrected chi connectivity index (χ3v) is 3.83. The summed E-state index contributed by atoms with van der Waals surface area (Å²) >= 11 is 4.28. The Bertz CT molecular complexity index is 229. The summed E-state index contributed by atoms with van der Waals surface area (Å²) in [5.41, 5.74) is 0. The molecule has 0 aromatic rings. The van der Waals surface area contributed by atoms with Gasteiger partial charge in [-0.1, -0.05) is 13.8 Å². The average molecular weight is 258 g/mol. The summed E-state index contributed by atoms with van der Waals surface area (Å²) in [5.74, 6) is 1.62. The lowest BCUT2D eigenvalue weighted by molar-refractivity contribution is -0.127. The zero-order valence-electron chi connectivity index (χ0n) is 11.2. The topological polar surface area (TPSA) is 23.6 Å². The predicted molar refractivity (Wildman–Crippen MR) is 75.6 cm³/mol. The first-order valence-corrected chi connectivity index (χ1v) is 7.45. The molecule has 1 aliphatic rings. The van der Waals surface area contributed by atoms with Gasteiger partial charge >= 0.3 is 0 Å². The molecular formula is C13H26N2OS. The molecule has 100 valence electrons. The number of hydrogen-bond acceptors (Lipinski definition) is 3. The lowest BCUT2D eigenvalue weighted by Crippen LogP contribution is -2.36. The number of amides is 1. The third-order valence-electron chi connectivity index (χ3n) is 3.32. The highest BCUT2D eigenvalue weighted by atomic mass is 32.1. The van der Waals surface area contributed by atoms with Crippen LogP contribution in [0.2, 0.25) is 0 Å². The molecule has 1 amide bonds. The molecule has 0 aromatic carbocycles. The Balaban J connectivity index is 2.30. The summed E-state index contributed by atoms with van der Waals surface area (Å²) in [6.45, 7) is 9.53. The van der Waals surface area contributed by atoms with Crippen LogP contribution in [0.15, 0.2) is 0 Å². The second-order valence-electron chi connectivity index (χ2n) is 4.93. The molecule has 1 heterocycles. The van der Waals surface area contributed by atoms with Gasteiger partial charge in [-0.15, -0.1) is 0 Å². The summed E-state index contributed by atoms with van der Waals surface area (Å²) in [6, 6.07) is 0. The first-order valence-electron chi connectivity index (χ1n) is 6.82. The fourth-order valence-corrected chi connectivity index (χ4v) is 2.67. The monoisotopic (exact) mass is 258 g/mol. The first kappa shape index (κ1) is 14.8. The first-order chi connectivity index (χ1) is 8.21. The highest BCUT2D eigenvalue weighted by Gasteiger charge is 2.28. The van der Waals surface area contributed by atoms with Crippen molar-refractivity contribution in [2.75, 3.05) is 38.5 Å². The summed E-state index contributed by atoms with van der Waals surface area (Å²) < 4.78 is 0. The SMILES string of the molecule is CCCN(CCC)CCN1CC(CS)CC1=O. The largest absolute Gasteiger partial charge is 0.341 e.